The Morgan fingerprint density at radius 2 is 2.32 bits per heavy atom. The van der Waals surface area contributed by atoms with Crippen molar-refractivity contribution in [1.82, 2.24) is 13.9 Å². The molecule has 0 aromatic carbocycles. The molecule has 2 rings (SSSR count). The van der Waals surface area contributed by atoms with Crippen molar-refractivity contribution in [3.63, 3.8) is 0 Å². The Kier molecular flexibility index (Phi) is 4.59. The summed E-state index contributed by atoms with van der Waals surface area (Å²) in [7, 11) is -3.07. The first-order valence-corrected chi connectivity index (χ1v) is 8.50. The maximum absolute atomic E-state index is 11.6. The molecule has 0 spiro atoms. The highest BCUT2D eigenvalue weighted by molar-refractivity contribution is 7.88. The number of nitrogens with two attached hydrogens (primary N) is 1. The standard InChI is InChI=1S/C12H22N4O2S/c1-19(17,18)16-7-2-3-11(10-16)9-15-8-6-14-12(15)4-5-13/h6,8,11H,2-5,7,9-10,13H2,1H3. The Bertz CT molecular complexity index is 512. The minimum Gasteiger partial charge on any atom is -0.335 e. The van der Waals surface area contributed by atoms with Crippen LogP contribution in [0.25, 0.3) is 0 Å². The number of imidazole rings is 1. The van der Waals surface area contributed by atoms with Crippen molar-refractivity contribution < 1.29 is 8.42 Å². The molecule has 0 aliphatic carbocycles. The fraction of sp³-hybridized carbons (Fsp3) is 0.750. The number of sulfonamides is 1. The Balaban J connectivity index is 2.01. The molecule has 1 aliphatic heterocycles. The quantitative estimate of drug-likeness (QED) is 0.829. The zero-order valence-electron chi connectivity index (χ0n) is 11.3. The van der Waals surface area contributed by atoms with Gasteiger partial charge in [-0.25, -0.2) is 17.7 Å². The number of rotatable bonds is 5. The molecule has 1 aliphatic rings. The molecular weight excluding hydrogens is 264 g/mol. The largest absolute Gasteiger partial charge is 0.335 e. The Hall–Kier alpha value is -0.920. The summed E-state index contributed by atoms with van der Waals surface area (Å²) in [5, 5.41) is 0. The molecule has 0 amide bonds. The van der Waals surface area contributed by atoms with Gasteiger partial charge < -0.3 is 10.3 Å². The lowest BCUT2D eigenvalue weighted by Crippen LogP contribution is -2.40. The molecule has 1 fully saturated rings. The van der Waals surface area contributed by atoms with E-state index < -0.39 is 10.0 Å². The molecule has 1 aromatic heterocycles. The van der Waals surface area contributed by atoms with Gasteiger partial charge in [0.05, 0.1) is 6.26 Å². The average molecular weight is 286 g/mol. The van der Waals surface area contributed by atoms with Crippen LogP contribution in [-0.4, -0.2) is 48.2 Å². The maximum atomic E-state index is 11.6. The van der Waals surface area contributed by atoms with E-state index in [9.17, 15) is 8.42 Å². The molecule has 2 heterocycles. The van der Waals surface area contributed by atoms with E-state index in [2.05, 4.69) is 9.55 Å². The van der Waals surface area contributed by atoms with Gasteiger partial charge >= 0.3 is 0 Å². The van der Waals surface area contributed by atoms with Gasteiger partial charge in [0.1, 0.15) is 5.82 Å². The smallest absolute Gasteiger partial charge is 0.211 e. The van der Waals surface area contributed by atoms with Gasteiger partial charge in [-0.05, 0) is 25.3 Å². The third kappa shape index (κ3) is 3.77. The Morgan fingerprint density at radius 3 is 3.00 bits per heavy atom. The zero-order chi connectivity index (χ0) is 13.9. The van der Waals surface area contributed by atoms with Crippen molar-refractivity contribution in [3.8, 4) is 0 Å². The summed E-state index contributed by atoms with van der Waals surface area (Å²) in [5.41, 5.74) is 5.56. The molecule has 19 heavy (non-hydrogen) atoms. The number of piperidine rings is 1. The van der Waals surface area contributed by atoms with Crippen LogP contribution < -0.4 is 5.73 Å². The first-order chi connectivity index (χ1) is 9.00. The number of hydrogen-bond donors (Lipinski definition) is 1. The van der Waals surface area contributed by atoms with Crippen molar-refractivity contribution in [2.75, 3.05) is 25.9 Å². The first-order valence-electron chi connectivity index (χ1n) is 6.66. The zero-order valence-corrected chi connectivity index (χ0v) is 12.1. The fourth-order valence-corrected chi connectivity index (χ4v) is 3.56. The van der Waals surface area contributed by atoms with Gasteiger partial charge in [-0.2, -0.15) is 0 Å². The van der Waals surface area contributed by atoms with E-state index in [0.29, 0.717) is 25.6 Å². The van der Waals surface area contributed by atoms with Crippen molar-refractivity contribution in [3.05, 3.63) is 18.2 Å². The summed E-state index contributed by atoms with van der Waals surface area (Å²) in [5.74, 6) is 1.34. The molecule has 7 heteroatoms. The molecule has 1 atom stereocenters. The van der Waals surface area contributed by atoms with E-state index >= 15 is 0 Å². The molecule has 0 bridgehead atoms. The summed E-state index contributed by atoms with van der Waals surface area (Å²) in [4.78, 5) is 4.29. The van der Waals surface area contributed by atoms with Crippen LogP contribution in [0.2, 0.25) is 0 Å². The van der Waals surface area contributed by atoms with Gasteiger partial charge in [-0.3, -0.25) is 0 Å². The van der Waals surface area contributed by atoms with Crippen LogP contribution in [0.5, 0.6) is 0 Å². The maximum Gasteiger partial charge on any atom is 0.211 e. The average Bonchev–Trinajstić information content (AvgIpc) is 2.77. The van der Waals surface area contributed by atoms with Gasteiger partial charge in [0, 0.05) is 38.4 Å². The van der Waals surface area contributed by atoms with Crippen LogP contribution in [0.1, 0.15) is 18.7 Å². The first kappa shape index (κ1) is 14.5. The minimum absolute atomic E-state index is 0.356. The summed E-state index contributed by atoms with van der Waals surface area (Å²) in [6.07, 6.45) is 7.76. The normalized spacial score (nSPS) is 21.7. The van der Waals surface area contributed by atoms with Gasteiger partial charge in [0.15, 0.2) is 0 Å². The van der Waals surface area contributed by atoms with Crippen LogP contribution in [0.15, 0.2) is 12.4 Å². The monoisotopic (exact) mass is 286 g/mol. The second-order valence-electron chi connectivity index (χ2n) is 5.16. The number of nitrogens with zero attached hydrogens (tertiary/aromatic N) is 3. The molecule has 1 aromatic rings. The minimum atomic E-state index is -3.07. The van der Waals surface area contributed by atoms with Crippen LogP contribution >= 0.6 is 0 Å². The topological polar surface area (TPSA) is 81.2 Å². The molecule has 108 valence electrons. The summed E-state index contributed by atoms with van der Waals surface area (Å²) in [6, 6.07) is 0. The van der Waals surface area contributed by atoms with E-state index in [-0.39, 0.29) is 0 Å². The van der Waals surface area contributed by atoms with E-state index in [1.165, 1.54) is 6.26 Å². The Labute approximate surface area is 114 Å². The fourth-order valence-electron chi connectivity index (χ4n) is 2.62. The summed E-state index contributed by atoms with van der Waals surface area (Å²) >= 11 is 0. The second-order valence-corrected chi connectivity index (χ2v) is 7.15. The van der Waals surface area contributed by atoms with Gasteiger partial charge in [-0.1, -0.05) is 0 Å². The predicted octanol–water partition coefficient (Wildman–Crippen LogP) is 0.0559. The molecule has 0 saturated carbocycles. The van der Waals surface area contributed by atoms with Crippen LogP contribution in [-0.2, 0) is 23.0 Å². The molecule has 0 radical (unpaired) electrons. The van der Waals surface area contributed by atoms with E-state index in [1.807, 2.05) is 6.20 Å². The van der Waals surface area contributed by atoms with Crippen molar-refractivity contribution in [1.29, 1.82) is 0 Å². The second kappa shape index (κ2) is 6.02. The van der Waals surface area contributed by atoms with Crippen LogP contribution in [0.3, 0.4) is 0 Å². The highest BCUT2D eigenvalue weighted by Gasteiger charge is 2.26. The van der Waals surface area contributed by atoms with Gasteiger partial charge in [0.25, 0.3) is 0 Å². The molecule has 2 N–H and O–H groups in total. The summed E-state index contributed by atoms with van der Waals surface area (Å²) < 4.78 is 26.9. The van der Waals surface area contributed by atoms with E-state index in [4.69, 9.17) is 5.73 Å². The lowest BCUT2D eigenvalue weighted by atomic mass is 9.99. The van der Waals surface area contributed by atoms with Gasteiger partial charge in [0.2, 0.25) is 10.0 Å². The van der Waals surface area contributed by atoms with E-state index in [0.717, 1.165) is 31.6 Å². The highest BCUT2D eigenvalue weighted by atomic mass is 32.2. The van der Waals surface area contributed by atoms with Crippen LogP contribution in [0.4, 0.5) is 0 Å². The third-order valence-corrected chi connectivity index (χ3v) is 4.84. The summed E-state index contributed by atoms with van der Waals surface area (Å²) in [6.45, 7) is 2.66. The molecule has 1 unspecified atom stereocenters. The predicted molar refractivity (Wildman–Crippen MR) is 74.1 cm³/mol. The van der Waals surface area contributed by atoms with Crippen molar-refractivity contribution in [2.45, 2.75) is 25.8 Å². The SMILES string of the molecule is CS(=O)(=O)N1CCCC(Cn2ccnc2CCN)C1. The Morgan fingerprint density at radius 1 is 1.53 bits per heavy atom. The molecule has 1 saturated heterocycles. The van der Waals surface area contributed by atoms with Crippen molar-refractivity contribution >= 4 is 10.0 Å². The van der Waals surface area contributed by atoms with Crippen LogP contribution in [0, 0.1) is 5.92 Å². The van der Waals surface area contributed by atoms with Crippen molar-refractivity contribution in [2.24, 2.45) is 11.7 Å². The number of hydrogen-bond acceptors (Lipinski definition) is 4. The molecular formula is C12H22N4O2S. The lowest BCUT2D eigenvalue weighted by Gasteiger charge is -2.31. The number of aromatic nitrogens is 2. The van der Waals surface area contributed by atoms with Gasteiger partial charge in [-0.15, -0.1) is 0 Å². The van der Waals surface area contributed by atoms with E-state index in [1.54, 1.807) is 10.5 Å². The lowest BCUT2D eigenvalue weighted by molar-refractivity contribution is 0.245. The molecule has 6 nitrogen and oxygen atoms in total. The highest BCUT2D eigenvalue weighted by Crippen LogP contribution is 2.20. The third-order valence-electron chi connectivity index (χ3n) is 3.58.